The van der Waals surface area contributed by atoms with E-state index in [1.165, 1.54) is 44.1 Å². The van der Waals surface area contributed by atoms with E-state index < -0.39 is 12.2 Å². The summed E-state index contributed by atoms with van der Waals surface area (Å²) in [5.74, 6) is 1.07. The van der Waals surface area contributed by atoms with E-state index in [-0.39, 0.29) is 5.91 Å². The van der Waals surface area contributed by atoms with Gasteiger partial charge in [0.15, 0.2) is 0 Å². The quantitative estimate of drug-likeness (QED) is 0.313. The Balaban J connectivity index is 1.60. The first-order valence-electron chi connectivity index (χ1n) is 11.1. The zero-order valence-electron chi connectivity index (χ0n) is 17.2. The minimum Gasteiger partial charge on any atom is -0.393 e. The molecule has 28 heavy (non-hydrogen) atoms. The lowest BCUT2D eigenvalue weighted by atomic mass is 9.62. The molecule has 3 rings (SSSR count). The molecule has 0 spiro atoms. The molecular weight excluding hydrogens is 354 g/mol. The molecular formula is C23H37NO4. The Bertz CT molecular complexity index is 602. The maximum atomic E-state index is 11.2. The van der Waals surface area contributed by atoms with Gasteiger partial charge in [0.05, 0.1) is 12.2 Å². The third-order valence-corrected chi connectivity index (χ3v) is 7.56. The Morgan fingerprint density at radius 2 is 1.93 bits per heavy atom. The summed E-state index contributed by atoms with van der Waals surface area (Å²) in [4.78, 5) is 11.2. The van der Waals surface area contributed by atoms with Gasteiger partial charge in [-0.05, 0) is 81.5 Å². The number of unbranched alkanes of at least 4 members (excludes halogenated alkanes) is 1. The van der Waals surface area contributed by atoms with Gasteiger partial charge in [-0.2, -0.15) is 0 Å². The molecule has 4 N–H and O–H groups in total. The number of allylic oxidation sites excluding steroid dienone is 3. The Morgan fingerprint density at radius 1 is 1.18 bits per heavy atom. The Morgan fingerprint density at radius 3 is 2.64 bits per heavy atom. The van der Waals surface area contributed by atoms with E-state index in [0.717, 1.165) is 12.8 Å². The third kappa shape index (κ3) is 5.05. The third-order valence-electron chi connectivity index (χ3n) is 7.56. The monoisotopic (exact) mass is 391 g/mol. The molecule has 0 aromatic heterocycles. The van der Waals surface area contributed by atoms with Crippen LogP contribution in [0, 0.1) is 17.3 Å². The van der Waals surface area contributed by atoms with E-state index in [4.69, 9.17) is 5.21 Å². The van der Waals surface area contributed by atoms with Crippen molar-refractivity contribution in [3.63, 3.8) is 0 Å². The van der Waals surface area contributed by atoms with Crippen LogP contribution in [0.25, 0.3) is 0 Å². The van der Waals surface area contributed by atoms with Crippen molar-refractivity contribution >= 4 is 5.91 Å². The van der Waals surface area contributed by atoms with Crippen LogP contribution in [-0.4, -0.2) is 33.5 Å². The number of hydroxylamine groups is 1. The fourth-order valence-electron chi connectivity index (χ4n) is 6.08. The van der Waals surface area contributed by atoms with E-state index in [1.54, 1.807) is 11.1 Å². The lowest BCUT2D eigenvalue weighted by Crippen LogP contribution is -2.33. The summed E-state index contributed by atoms with van der Waals surface area (Å²) in [6.45, 7) is 2.46. The highest BCUT2D eigenvalue weighted by Crippen LogP contribution is 2.58. The van der Waals surface area contributed by atoms with Crippen LogP contribution >= 0.6 is 0 Å². The highest BCUT2D eigenvalue weighted by molar-refractivity contribution is 5.74. The number of aliphatic hydroxyl groups excluding tert-OH is 2. The van der Waals surface area contributed by atoms with Crippen molar-refractivity contribution in [1.29, 1.82) is 0 Å². The van der Waals surface area contributed by atoms with Gasteiger partial charge in [0.1, 0.15) is 0 Å². The molecule has 5 atom stereocenters. The van der Waals surface area contributed by atoms with Gasteiger partial charge in [0.2, 0.25) is 5.91 Å². The molecule has 0 aliphatic heterocycles. The zero-order chi connectivity index (χ0) is 20.1. The lowest BCUT2D eigenvalue weighted by molar-refractivity contribution is -0.129. The first-order chi connectivity index (χ1) is 13.4. The average Bonchev–Trinajstić information content (AvgIpc) is 2.99. The van der Waals surface area contributed by atoms with Gasteiger partial charge >= 0.3 is 0 Å². The second-order valence-electron chi connectivity index (χ2n) is 9.49. The summed E-state index contributed by atoms with van der Waals surface area (Å²) in [5.41, 5.74) is 4.79. The summed E-state index contributed by atoms with van der Waals surface area (Å²) in [6, 6.07) is 0. The molecule has 0 saturated heterocycles. The fraction of sp³-hybridized carbons (Fsp3) is 0.783. The predicted molar refractivity (Wildman–Crippen MR) is 109 cm³/mol. The Labute approximate surface area is 168 Å². The van der Waals surface area contributed by atoms with Crippen molar-refractivity contribution in [3.8, 4) is 0 Å². The molecule has 0 aromatic rings. The van der Waals surface area contributed by atoms with Crippen LogP contribution in [-0.2, 0) is 4.79 Å². The van der Waals surface area contributed by atoms with Crippen LogP contribution in [0.3, 0.4) is 0 Å². The molecule has 0 bridgehead atoms. The van der Waals surface area contributed by atoms with Crippen LogP contribution in [0.15, 0.2) is 23.3 Å². The van der Waals surface area contributed by atoms with Crippen molar-refractivity contribution in [2.24, 2.45) is 17.3 Å². The molecule has 3 aliphatic rings. The van der Waals surface area contributed by atoms with Crippen LogP contribution in [0.5, 0.6) is 0 Å². The predicted octanol–water partition coefficient (Wildman–Crippen LogP) is 4.03. The van der Waals surface area contributed by atoms with E-state index in [2.05, 4.69) is 19.1 Å². The van der Waals surface area contributed by atoms with Gasteiger partial charge in [-0.15, -0.1) is 0 Å². The van der Waals surface area contributed by atoms with Crippen LogP contribution in [0.4, 0.5) is 0 Å². The van der Waals surface area contributed by atoms with Crippen LogP contribution in [0.2, 0.25) is 0 Å². The number of carbonyl (C=O) groups excluding carboxylic acids is 1. The minimum atomic E-state index is -0.409. The van der Waals surface area contributed by atoms with Crippen molar-refractivity contribution in [1.82, 2.24) is 5.48 Å². The number of nitrogens with one attached hydrogen (secondary N) is 1. The van der Waals surface area contributed by atoms with E-state index in [9.17, 15) is 15.0 Å². The standard InChI is InChI=1S/C23H37NO4/c1-23-12-4-5-17(9-8-16-13-19(25)15-20(26)14-16)21(23)11-10-18(23)6-2-3-7-22(27)24-28/h8-9,18-21,25-26,28H,2-7,10-15H2,1H3,(H,24,27)/b17-9+/t18-,19+,20+,21-,23+/m0/s1. The Kier molecular flexibility index (Phi) is 7.35. The van der Waals surface area contributed by atoms with E-state index in [0.29, 0.717) is 42.9 Å². The lowest BCUT2D eigenvalue weighted by Gasteiger charge is -2.42. The second kappa shape index (κ2) is 9.55. The molecule has 5 nitrogen and oxygen atoms in total. The Hall–Kier alpha value is -1.17. The smallest absolute Gasteiger partial charge is 0.243 e. The van der Waals surface area contributed by atoms with Gasteiger partial charge in [-0.1, -0.05) is 36.6 Å². The summed E-state index contributed by atoms with van der Waals surface area (Å²) < 4.78 is 0. The number of rotatable bonds is 6. The molecule has 5 heteroatoms. The number of aliphatic hydroxyl groups is 2. The number of carbonyl (C=O) groups is 1. The average molecular weight is 392 g/mol. The largest absolute Gasteiger partial charge is 0.393 e. The summed E-state index contributed by atoms with van der Waals surface area (Å²) in [5, 5.41) is 28.4. The summed E-state index contributed by atoms with van der Waals surface area (Å²) >= 11 is 0. The fourth-order valence-corrected chi connectivity index (χ4v) is 6.08. The molecule has 158 valence electrons. The summed E-state index contributed by atoms with van der Waals surface area (Å²) in [6.07, 6.45) is 15.2. The molecule has 3 aliphatic carbocycles. The first-order valence-corrected chi connectivity index (χ1v) is 11.1. The van der Waals surface area contributed by atoms with Gasteiger partial charge in [-0.3, -0.25) is 10.0 Å². The van der Waals surface area contributed by atoms with Gasteiger partial charge in [0.25, 0.3) is 0 Å². The second-order valence-corrected chi connectivity index (χ2v) is 9.49. The molecule has 3 saturated carbocycles. The first kappa shape index (κ1) is 21.5. The SMILES string of the molecule is C[C@]12CCC/C(=C\C=C3C[C@@H](O)C[C@H](O)C3)[C@@H]1CC[C@@H]2CCCCC(=O)NO. The minimum absolute atomic E-state index is 0.288. The van der Waals surface area contributed by atoms with E-state index >= 15 is 0 Å². The topological polar surface area (TPSA) is 89.8 Å². The zero-order valence-corrected chi connectivity index (χ0v) is 17.2. The molecule has 0 heterocycles. The van der Waals surface area contributed by atoms with Gasteiger partial charge in [0, 0.05) is 6.42 Å². The number of fused-ring (bicyclic) bond motifs is 1. The van der Waals surface area contributed by atoms with Crippen molar-refractivity contribution in [2.45, 2.75) is 96.2 Å². The van der Waals surface area contributed by atoms with Gasteiger partial charge in [-0.25, -0.2) is 5.48 Å². The molecule has 0 unspecified atom stereocenters. The highest BCUT2D eigenvalue weighted by atomic mass is 16.5. The number of hydrogen-bond acceptors (Lipinski definition) is 4. The van der Waals surface area contributed by atoms with Crippen LogP contribution < -0.4 is 5.48 Å². The van der Waals surface area contributed by atoms with Crippen molar-refractivity contribution < 1.29 is 20.2 Å². The molecule has 1 amide bonds. The number of hydrogen-bond donors (Lipinski definition) is 4. The van der Waals surface area contributed by atoms with E-state index in [1.807, 2.05) is 0 Å². The van der Waals surface area contributed by atoms with Crippen molar-refractivity contribution in [3.05, 3.63) is 23.3 Å². The molecule has 0 aromatic carbocycles. The highest BCUT2D eigenvalue weighted by Gasteiger charge is 2.48. The maximum absolute atomic E-state index is 11.2. The summed E-state index contributed by atoms with van der Waals surface area (Å²) in [7, 11) is 0. The molecule has 3 fully saturated rings. The maximum Gasteiger partial charge on any atom is 0.243 e. The van der Waals surface area contributed by atoms with Crippen LogP contribution in [0.1, 0.15) is 84.0 Å². The van der Waals surface area contributed by atoms with Gasteiger partial charge < -0.3 is 10.2 Å². The normalized spacial score (nSPS) is 37.0. The van der Waals surface area contributed by atoms with Crippen molar-refractivity contribution in [2.75, 3.05) is 0 Å². The number of amides is 1. The molecule has 0 radical (unpaired) electrons.